The average molecular weight is 392 g/mol. The van der Waals surface area contributed by atoms with E-state index in [1.807, 2.05) is 12.1 Å². The van der Waals surface area contributed by atoms with Gasteiger partial charge in [0.2, 0.25) is 10.0 Å². The molecule has 0 N–H and O–H groups in total. The number of rotatable bonds is 3. The van der Waals surface area contributed by atoms with E-state index in [9.17, 15) is 8.42 Å². The maximum absolute atomic E-state index is 12.9. The molecule has 1 unspecified atom stereocenters. The van der Waals surface area contributed by atoms with Gasteiger partial charge in [0.15, 0.2) is 0 Å². The highest BCUT2D eigenvalue weighted by molar-refractivity contribution is 7.99. The maximum Gasteiger partial charge on any atom is 0.244 e. The van der Waals surface area contributed by atoms with Crippen molar-refractivity contribution in [1.29, 1.82) is 0 Å². The molecule has 1 aromatic carbocycles. The van der Waals surface area contributed by atoms with E-state index in [1.165, 1.54) is 16.4 Å². The molecule has 3 rings (SSSR count). The fourth-order valence-corrected chi connectivity index (χ4v) is 6.00. The van der Waals surface area contributed by atoms with E-state index in [-0.39, 0.29) is 15.2 Å². The minimum absolute atomic E-state index is 0.0631. The third-order valence-corrected chi connectivity index (χ3v) is 7.58. The van der Waals surface area contributed by atoms with Crippen LogP contribution in [0.5, 0.6) is 0 Å². The summed E-state index contributed by atoms with van der Waals surface area (Å²) in [6, 6.07) is 8.26. The van der Waals surface area contributed by atoms with Crippen LogP contribution in [-0.2, 0) is 10.0 Å². The Kier molecular flexibility index (Phi) is 5.28. The quantitative estimate of drug-likeness (QED) is 0.774. The van der Waals surface area contributed by atoms with E-state index >= 15 is 0 Å². The van der Waals surface area contributed by atoms with Crippen molar-refractivity contribution in [2.45, 2.75) is 16.6 Å². The van der Waals surface area contributed by atoms with Crippen LogP contribution in [-0.4, -0.2) is 31.6 Å². The molecule has 1 saturated heterocycles. The fraction of sp³-hybridized carbons (Fsp3) is 0.333. The summed E-state index contributed by atoms with van der Waals surface area (Å²) in [5, 5.41) is 0.708. The lowest BCUT2D eigenvalue weighted by atomic mass is 10.2. The number of furan rings is 1. The molecule has 1 fully saturated rings. The summed E-state index contributed by atoms with van der Waals surface area (Å²) in [4.78, 5) is 0.0631. The molecular formula is C15H15Cl2NO3S2. The van der Waals surface area contributed by atoms with E-state index in [1.54, 1.807) is 24.1 Å². The molecule has 0 spiro atoms. The van der Waals surface area contributed by atoms with Crippen LogP contribution in [0.2, 0.25) is 10.0 Å². The van der Waals surface area contributed by atoms with Gasteiger partial charge in [0.25, 0.3) is 0 Å². The molecule has 0 saturated carbocycles. The van der Waals surface area contributed by atoms with Crippen LogP contribution in [0.3, 0.4) is 0 Å². The first-order valence-electron chi connectivity index (χ1n) is 7.08. The molecule has 0 aliphatic carbocycles. The zero-order chi connectivity index (χ0) is 16.4. The monoisotopic (exact) mass is 391 g/mol. The Labute approximate surface area is 149 Å². The molecule has 1 aliphatic heterocycles. The standard InChI is InChI=1S/C15H15Cl2NO3S2/c16-11-3-4-12(17)15(10-11)23(19,20)18-6-5-14(22-9-7-18)13-2-1-8-21-13/h1-4,8,10,14H,5-7,9H2. The second-order valence-corrected chi connectivity index (χ2v) is 9.20. The van der Waals surface area contributed by atoms with Gasteiger partial charge in [0.1, 0.15) is 10.7 Å². The van der Waals surface area contributed by atoms with Gasteiger partial charge in [-0.2, -0.15) is 4.31 Å². The zero-order valence-electron chi connectivity index (χ0n) is 12.1. The van der Waals surface area contributed by atoms with E-state index in [0.29, 0.717) is 30.3 Å². The Bertz CT molecular complexity index is 778. The van der Waals surface area contributed by atoms with Crippen molar-refractivity contribution in [3.8, 4) is 0 Å². The summed E-state index contributed by atoms with van der Waals surface area (Å²) in [5.74, 6) is 1.58. The summed E-state index contributed by atoms with van der Waals surface area (Å²) in [7, 11) is -3.66. The van der Waals surface area contributed by atoms with Gasteiger partial charge in [-0.3, -0.25) is 0 Å². The first-order chi connectivity index (χ1) is 11.0. The summed E-state index contributed by atoms with van der Waals surface area (Å²) in [6.45, 7) is 0.858. The number of halogens is 2. The van der Waals surface area contributed by atoms with E-state index in [0.717, 1.165) is 5.76 Å². The lowest BCUT2D eigenvalue weighted by Gasteiger charge is -2.20. The normalized spacial score (nSPS) is 20.3. The predicted octanol–water partition coefficient (Wildman–Crippen LogP) is 4.46. The number of hydrogen-bond acceptors (Lipinski definition) is 4. The van der Waals surface area contributed by atoms with Crippen molar-refractivity contribution in [1.82, 2.24) is 4.31 Å². The van der Waals surface area contributed by atoms with Gasteiger partial charge in [-0.25, -0.2) is 8.42 Å². The zero-order valence-corrected chi connectivity index (χ0v) is 15.3. The van der Waals surface area contributed by atoms with Gasteiger partial charge in [-0.15, -0.1) is 11.8 Å². The second kappa shape index (κ2) is 7.07. The van der Waals surface area contributed by atoms with Crippen LogP contribution in [0.4, 0.5) is 0 Å². The first kappa shape index (κ1) is 17.2. The molecule has 0 bridgehead atoms. The van der Waals surface area contributed by atoms with Crippen molar-refractivity contribution in [2.75, 3.05) is 18.8 Å². The van der Waals surface area contributed by atoms with Gasteiger partial charge in [0, 0.05) is 23.9 Å². The summed E-state index contributed by atoms with van der Waals surface area (Å²) < 4.78 is 32.6. The maximum atomic E-state index is 12.9. The SMILES string of the molecule is O=S(=O)(c1cc(Cl)ccc1Cl)N1CCSC(c2ccco2)CC1. The summed E-state index contributed by atoms with van der Waals surface area (Å²) >= 11 is 13.7. The molecule has 1 aromatic heterocycles. The van der Waals surface area contributed by atoms with E-state index in [4.69, 9.17) is 27.6 Å². The molecule has 0 amide bonds. The Morgan fingerprint density at radius 3 is 2.78 bits per heavy atom. The smallest absolute Gasteiger partial charge is 0.244 e. The molecule has 4 nitrogen and oxygen atoms in total. The van der Waals surface area contributed by atoms with Crippen LogP contribution in [0.15, 0.2) is 45.9 Å². The molecule has 8 heteroatoms. The third-order valence-electron chi connectivity index (χ3n) is 3.67. The Hall–Kier alpha value is -0.660. The first-order valence-corrected chi connectivity index (χ1v) is 10.3. The average Bonchev–Trinajstić information content (AvgIpc) is 2.93. The Morgan fingerprint density at radius 1 is 1.22 bits per heavy atom. The van der Waals surface area contributed by atoms with E-state index < -0.39 is 10.0 Å². The minimum atomic E-state index is -3.66. The van der Waals surface area contributed by atoms with Crippen LogP contribution >= 0.6 is 35.0 Å². The Morgan fingerprint density at radius 2 is 2.04 bits per heavy atom. The predicted molar refractivity (Wildman–Crippen MR) is 93.7 cm³/mol. The molecule has 2 aromatic rings. The number of thioether (sulfide) groups is 1. The van der Waals surface area contributed by atoms with Crippen molar-refractivity contribution in [3.05, 3.63) is 52.4 Å². The third kappa shape index (κ3) is 3.72. The van der Waals surface area contributed by atoms with Crippen LogP contribution in [0, 0.1) is 0 Å². The lowest BCUT2D eigenvalue weighted by Crippen LogP contribution is -2.33. The number of hydrogen-bond donors (Lipinski definition) is 0. The van der Waals surface area contributed by atoms with Crippen LogP contribution in [0.1, 0.15) is 17.4 Å². The van der Waals surface area contributed by atoms with Gasteiger partial charge in [0.05, 0.1) is 16.5 Å². The van der Waals surface area contributed by atoms with Crippen molar-refractivity contribution >= 4 is 45.0 Å². The van der Waals surface area contributed by atoms with Crippen LogP contribution in [0.25, 0.3) is 0 Å². The molecule has 1 aliphatic rings. The number of sulfonamides is 1. The highest BCUT2D eigenvalue weighted by atomic mass is 35.5. The highest BCUT2D eigenvalue weighted by Gasteiger charge is 2.30. The van der Waals surface area contributed by atoms with Crippen molar-refractivity contribution in [2.24, 2.45) is 0 Å². The number of benzene rings is 1. The molecular weight excluding hydrogens is 377 g/mol. The minimum Gasteiger partial charge on any atom is -0.468 e. The summed E-state index contributed by atoms with van der Waals surface area (Å²) in [6.07, 6.45) is 2.33. The van der Waals surface area contributed by atoms with Gasteiger partial charge in [-0.1, -0.05) is 23.2 Å². The molecule has 0 radical (unpaired) electrons. The summed E-state index contributed by atoms with van der Waals surface area (Å²) in [5.41, 5.74) is 0. The highest BCUT2D eigenvalue weighted by Crippen LogP contribution is 2.36. The van der Waals surface area contributed by atoms with E-state index in [2.05, 4.69) is 0 Å². The molecule has 124 valence electrons. The fourth-order valence-electron chi connectivity index (χ4n) is 2.51. The second-order valence-electron chi connectivity index (χ2n) is 5.14. The topological polar surface area (TPSA) is 50.5 Å². The van der Waals surface area contributed by atoms with Gasteiger partial charge >= 0.3 is 0 Å². The molecule has 1 atom stereocenters. The lowest BCUT2D eigenvalue weighted by molar-refractivity contribution is 0.417. The van der Waals surface area contributed by atoms with Gasteiger partial charge < -0.3 is 4.42 Å². The molecule has 2 heterocycles. The Balaban J connectivity index is 1.82. The number of nitrogens with zero attached hydrogens (tertiary/aromatic N) is 1. The van der Waals surface area contributed by atoms with Crippen LogP contribution < -0.4 is 0 Å². The van der Waals surface area contributed by atoms with Crippen molar-refractivity contribution in [3.63, 3.8) is 0 Å². The molecule has 23 heavy (non-hydrogen) atoms. The van der Waals surface area contributed by atoms with Gasteiger partial charge in [-0.05, 0) is 36.8 Å². The van der Waals surface area contributed by atoms with Crippen molar-refractivity contribution < 1.29 is 12.8 Å². The largest absolute Gasteiger partial charge is 0.468 e.